The van der Waals surface area contributed by atoms with Crippen LogP contribution in [0.5, 0.6) is 11.5 Å². The number of hydrogen-bond donors (Lipinski definition) is 2. The highest BCUT2D eigenvalue weighted by Crippen LogP contribution is 2.30. The number of aliphatic carboxylic acids is 1. The smallest absolute Gasteiger partial charge is 0.326 e. The number of amides is 1. The number of nitrogens with zero attached hydrogens (tertiary/aromatic N) is 2. The molecule has 0 aliphatic carbocycles. The maximum absolute atomic E-state index is 12.9. The highest BCUT2D eigenvalue weighted by molar-refractivity contribution is 5.87. The van der Waals surface area contributed by atoms with E-state index in [2.05, 4.69) is 4.90 Å². The van der Waals surface area contributed by atoms with Crippen LogP contribution in [0.15, 0.2) is 18.2 Å². The van der Waals surface area contributed by atoms with Gasteiger partial charge in [0.1, 0.15) is 6.04 Å². The molecule has 1 amide bonds. The molecule has 0 unspecified atom stereocenters. The number of carboxylic acids is 1. The van der Waals surface area contributed by atoms with E-state index in [-0.39, 0.29) is 17.7 Å². The summed E-state index contributed by atoms with van der Waals surface area (Å²) in [5.41, 5.74) is 0.950. The second-order valence-corrected chi connectivity index (χ2v) is 6.66. The summed E-state index contributed by atoms with van der Waals surface area (Å²) < 4.78 is 5.14. The zero-order chi connectivity index (χ0) is 18.0. The highest BCUT2D eigenvalue weighted by atomic mass is 16.5. The second kappa shape index (κ2) is 7.31. The summed E-state index contributed by atoms with van der Waals surface area (Å²) in [7, 11) is 1.50. The van der Waals surface area contributed by atoms with E-state index < -0.39 is 12.0 Å². The van der Waals surface area contributed by atoms with Crippen LogP contribution in [0.1, 0.15) is 31.2 Å². The number of ether oxygens (including phenoxy) is 1. The number of hydrogen-bond acceptors (Lipinski definition) is 5. The minimum atomic E-state index is -0.918. The Labute approximate surface area is 146 Å². The summed E-state index contributed by atoms with van der Waals surface area (Å²) in [5.74, 6) is -0.501. The average Bonchev–Trinajstić information content (AvgIpc) is 3.25. The first-order chi connectivity index (χ1) is 12.0. The van der Waals surface area contributed by atoms with Crippen molar-refractivity contribution in [1.29, 1.82) is 0 Å². The zero-order valence-corrected chi connectivity index (χ0v) is 14.4. The standard InChI is InChI=1S/C18H24N2O5/c1-25-16-10-12(6-7-15(16)21)11-19-8-2-4-13(19)17(22)20-9-3-5-14(20)18(23)24/h6-7,10,13-14,21H,2-5,8-9,11H2,1H3,(H,23,24)/t13-,14-/m0/s1. The van der Waals surface area contributed by atoms with E-state index in [1.54, 1.807) is 12.1 Å². The van der Waals surface area contributed by atoms with Crippen molar-refractivity contribution < 1.29 is 24.5 Å². The quantitative estimate of drug-likeness (QED) is 0.837. The predicted octanol–water partition coefficient (Wildman–Crippen LogP) is 1.44. The van der Waals surface area contributed by atoms with Gasteiger partial charge >= 0.3 is 5.97 Å². The second-order valence-electron chi connectivity index (χ2n) is 6.66. The Morgan fingerprint density at radius 2 is 1.92 bits per heavy atom. The van der Waals surface area contributed by atoms with E-state index in [1.807, 2.05) is 6.07 Å². The first-order valence-corrected chi connectivity index (χ1v) is 8.64. The lowest BCUT2D eigenvalue weighted by atomic mass is 10.1. The van der Waals surface area contributed by atoms with Crippen LogP contribution in [0, 0.1) is 0 Å². The largest absolute Gasteiger partial charge is 0.504 e. The van der Waals surface area contributed by atoms with Crippen molar-refractivity contribution in [3.8, 4) is 11.5 Å². The topological polar surface area (TPSA) is 90.3 Å². The molecule has 2 aliphatic heterocycles. The third-order valence-electron chi connectivity index (χ3n) is 5.10. The summed E-state index contributed by atoms with van der Waals surface area (Å²) in [5, 5.41) is 19.0. The molecule has 7 nitrogen and oxygen atoms in total. The van der Waals surface area contributed by atoms with Crippen LogP contribution in [-0.4, -0.2) is 64.2 Å². The molecule has 0 aromatic heterocycles. The van der Waals surface area contributed by atoms with Crippen molar-refractivity contribution in [2.45, 2.75) is 44.3 Å². The van der Waals surface area contributed by atoms with Crippen LogP contribution in [0.2, 0.25) is 0 Å². The Morgan fingerprint density at radius 1 is 1.20 bits per heavy atom. The van der Waals surface area contributed by atoms with Crippen LogP contribution < -0.4 is 4.74 Å². The van der Waals surface area contributed by atoms with Gasteiger partial charge in [-0.1, -0.05) is 6.07 Å². The number of carboxylic acid groups (broad SMARTS) is 1. The van der Waals surface area contributed by atoms with Crippen molar-refractivity contribution in [3.05, 3.63) is 23.8 Å². The Morgan fingerprint density at radius 3 is 2.64 bits per heavy atom. The first kappa shape index (κ1) is 17.5. The minimum absolute atomic E-state index is 0.0758. The molecule has 2 saturated heterocycles. The number of aromatic hydroxyl groups is 1. The van der Waals surface area contributed by atoms with E-state index in [0.29, 0.717) is 25.3 Å². The molecule has 0 bridgehead atoms. The van der Waals surface area contributed by atoms with Gasteiger partial charge in [-0.2, -0.15) is 0 Å². The average molecular weight is 348 g/mol. The van der Waals surface area contributed by atoms with E-state index >= 15 is 0 Å². The monoisotopic (exact) mass is 348 g/mol. The third kappa shape index (κ3) is 3.56. The molecule has 2 heterocycles. The minimum Gasteiger partial charge on any atom is -0.504 e. The lowest BCUT2D eigenvalue weighted by molar-refractivity contribution is -0.150. The summed E-state index contributed by atoms with van der Waals surface area (Å²) >= 11 is 0. The Kier molecular flexibility index (Phi) is 5.13. The van der Waals surface area contributed by atoms with E-state index in [0.717, 1.165) is 31.4 Å². The maximum atomic E-state index is 12.9. The number of carbonyl (C=O) groups excluding carboxylic acids is 1. The fourth-order valence-corrected chi connectivity index (χ4v) is 3.83. The summed E-state index contributed by atoms with van der Waals surface area (Å²) in [6.45, 7) is 1.89. The molecule has 7 heteroatoms. The molecule has 0 radical (unpaired) electrons. The molecule has 3 rings (SSSR count). The fraction of sp³-hybridized carbons (Fsp3) is 0.556. The van der Waals surface area contributed by atoms with Gasteiger partial charge in [0.2, 0.25) is 5.91 Å². The number of phenolic OH excluding ortho intramolecular Hbond substituents is 1. The van der Waals surface area contributed by atoms with E-state index in [4.69, 9.17) is 4.74 Å². The molecular formula is C18H24N2O5. The van der Waals surface area contributed by atoms with Gasteiger partial charge in [-0.15, -0.1) is 0 Å². The van der Waals surface area contributed by atoms with Crippen molar-refractivity contribution in [2.75, 3.05) is 20.2 Å². The van der Waals surface area contributed by atoms with Crippen molar-refractivity contribution in [1.82, 2.24) is 9.80 Å². The molecule has 25 heavy (non-hydrogen) atoms. The molecule has 136 valence electrons. The van der Waals surface area contributed by atoms with E-state index in [9.17, 15) is 19.8 Å². The summed E-state index contributed by atoms with van der Waals surface area (Å²) in [6.07, 6.45) is 2.93. The van der Waals surface area contributed by atoms with Crippen molar-refractivity contribution in [3.63, 3.8) is 0 Å². The molecular weight excluding hydrogens is 324 g/mol. The maximum Gasteiger partial charge on any atom is 0.326 e. The van der Waals surface area contributed by atoms with Crippen LogP contribution in [0.25, 0.3) is 0 Å². The highest BCUT2D eigenvalue weighted by Gasteiger charge is 2.40. The van der Waals surface area contributed by atoms with Crippen LogP contribution in [-0.2, 0) is 16.1 Å². The number of carbonyl (C=O) groups is 2. The van der Waals surface area contributed by atoms with Gasteiger partial charge in [-0.3, -0.25) is 9.69 Å². The van der Waals surface area contributed by atoms with Gasteiger partial charge in [0, 0.05) is 13.1 Å². The Bertz CT molecular complexity index is 663. The lowest BCUT2D eigenvalue weighted by Crippen LogP contribution is -2.49. The number of methoxy groups -OCH3 is 1. The third-order valence-corrected chi connectivity index (χ3v) is 5.10. The molecule has 2 N–H and O–H groups in total. The van der Waals surface area contributed by atoms with Crippen molar-refractivity contribution >= 4 is 11.9 Å². The molecule has 2 fully saturated rings. The van der Waals surface area contributed by atoms with Gasteiger partial charge in [0.25, 0.3) is 0 Å². The number of phenols is 1. The molecule has 1 aromatic rings. The predicted molar refractivity (Wildman–Crippen MR) is 90.5 cm³/mol. The zero-order valence-electron chi connectivity index (χ0n) is 14.4. The summed E-state index contributed by atoms with van der Waals surface area (Å²) in [4.78, 5) is 27.9. The molecule has 1 aromatic carbocycles. The van der Waals surface area contributed by atoms with Gasteiger partial charge < -0.3 is 19.8 Å². The Hall–Kier alpha value is -2.28. The SMILES string of the molecule is COc1cc(CN2CCC[C@H]2C(=O)N2CCC[C@H]2C(=O)O)ccc1O. The molecule has 0 saturated carbocycles. The van der Waals surface area contributed by atoms with Crippen LogP contribution in [0.4, 0.5) is 0 Å². The number of benzene rings is 1. The molecule has 2 atom stereocenters. The number of likely N-dealkylation sites (tertiary alicyclic amines) is 2. The fourth-order valence-electron chi connectivity index (χ4n) is 3.83. The van der Waals surface area contributed by atoms with Crippen LogP contribution in [0.3, 0.4) is 0 Å². The van der Waals surface area contributed by atoms with Crippen molar-refractivity contribution in [2.24, 2.45) is 0 Å². The first-order valence-electron chi connectivity index (χ1n) is 8.64. The van der Waals surface area contributed by atoms with Gasteiger partial charge in [-0.25, -0.2) is 4.79 Å². The Balaban J connectivity index is 1.72. The van der Waals surface area contributed by atoms with Crippen LogP contribution >= 0.6 is 0 Å². The van der Waals surface area contributed by atoms with Gasteiger partial charge in [0.15, 0.2) is 11.5 Å². The molecule has 2 aliphatic rings. The number of rotatable bonds is 5. The van der Waals surface area contributed by atoms with E-state index in [1.165, 1.54) is 12.0 Å². The van der Waals surface area contributed by atoms with Gasteiger partial charge in [0.05, 0.1) is 13.2 Å². The van der Waals surface area contributed by atoms with Gasteiger partial charge in [-0.05, 0) is 49.9 Å². The normalized spacial score (nSPS) is 23.8. The summed E-state index contributed by atoms with van der Waals surface area (Å²) in [6, 6.07) is 4.20. The molecule has 0 spiro atoms. The lowest BCUT2D eigenvalue weighted by Gasteiger charge is -2.30.